The molecule has 0 aromatic heterocycles. The Morgan fingerprint density at radius 3 is 2.62 bits per heavy atom. The number of ether oxygens (including phenoxy) is 1. The molecule has 0 radical (unpaired) electrons. The molecule has 0 spiro atoms. The van der Waals surface area contributed by atoms with E-state index in [0.717, 1.165) is 26.1 Å². The largest absolute Gasteiger partial charge is 0.371 e. The predicted molar refractivity (Wildman–Crippen MR) is 103 cm³/mol. The Hall–Kier alpha value is -1.44. The number of nitrogens with one attached hydrogen (secondary N) is 1. The third kappa shape index (κ3) is 5.05. The average molecular weight is 395 g/mol. The Balaban J connectivity index is 1.47. The molecule has 0 unspecified atom stereocenters. The van der Waals surface area contributed by atoms with E-state index >= 15 is 0 Å². The zero-order chi connectivity index (χ0) is 18.4. The fourth-order valence-corrected chi connectivity index (χ4v) is 4.62. The molecular formula is C19H23ClN2O3S. The minimum Gasteiger partial charge on any atom is -0.371 e. The van der Waals surface area contributed by atoms with Crippen LogP contribution in [-0.4, -0.2) is 46.1 Å². The van der Waals surface area contributed by atoms with E-state index in [1.807, 2.05) is 18.2 Å². The van der Waals surface area contributed by atoms with Crippen molar-refractivity contribution in [2.45, 2.75) is 17.4 Å². The summed E-state index contributed by atoms with van der Waals surface area (Å²) >= 11 is 5.98. The minimum atomic E-state index is -3.57. The van der Waals surface area contributed by atoms with Crippen molar-refractivity contribution in [3.8, 4) is 0 Å². The van der Waals surface area contributed by atoms with E-state index in [1.165, 1.54) is 11.6 Å². The summed E-state index contributed by atoms with van der Waals surface area (Å²) in [6.07, 6.45) is 0.801. The van der Waals surface area contributed by atoms with Crippen LogP contribution in [-0.2, 0) is 14.8 Å². The molecule has 7 heteroatoms. The molecule has 3 rings (SSSR count). The molecule has 1 heterocycles. The van der Waals surface area contributed by atoms with Gasteiger partial charge in [0.15, 0.2) is 0 Å². The highest BCUT2D eigenvalue weighted by Crippen LogP contribution is 2.22. The van der Waals surface area contributed by atoms with E-state index in [1.54, 1.807) is 18.2 Å². The van der Waals surface area contributed by atoms with Crippen LogP contribution in [0.2, 0.25) is 5.02 Å². The van der Waals surface area contributed by atoms with Gasteiger partial charge in [0.05, 0.1) is 17.7 Å². The van der Waals surface area contributed by atoms with Gasteiger partial charge in [-0.1, -0.05) is 54.1 Å². The maximum Gasteiger partial charge on any atom is 0.242 e. The maximum atomic E-state index is 12.3. The molecule has 1 aliphatic rings. The summed E-state index contributed by atoms with van der Waals surface area (Å²) in [6, 6.07) is 16.6. The first-order valence-corrected chi connectivity index (χ1v) is 10.6. The Morgan fingerprint density at radius 1 is 1.12 bits per heavy atom. The van der Waals surface area contributed by atoms with E-state index in [-0.39, 0.29) is 16.0 Å². The van der Waals surface area contributed by atoms with Crippen molar-refractivity contribution < 1.29 is 13.2 Å². The van der Waals surface area contributed by atoms with Crippen LogP contribution >= 0.6 is 11.6 Å². The molecule has 0 bridgehead atoms. The van der Waals surface area contributed by atoms with Crippen LogP contribution in [0.3, 0.4) is 0 Å². The first kappa shape index (κ1) is 19.3. The van der Waals surface area contributed by atoms with Crippen molar-refractivity contribution in [1.82, 2.24) is 9.62 Å². The van der Waals surface area contributed by atoms with E-state index < -0.39 is 10.0 Å². The smallest absolute Gasteiger partial charge is 0.242 e. The van der Waals surface area contributed by atoms with Crippen LogP contribution in [0.4, 0.5) is 0 Å². The third-order valence-electron chi connectivity index (χ3n) is 4.39. The summed E-state index contributed by atoms with van der Waals surface area (Å²) in [5.74, 6) is 0. The highest BCUT2D eigenvalue weighted by atomic mass is 35.5. The van der Waals surface area contributed by atoms with Crippen molar-refractivity contribution in [1.29, 1.82) is 0 Å². The van der Waals surface area contributed by atoms with Crippen LogP contribution in [0.25, 0.3) is 0 Å². The molecule has 1 N–H and O–H groups in total. The Bertz CT molecular complexity index is 815. The van der Waals surface area contributed by atoms with Crippen molar-refractivity contribution in [2.75, 3.05) is 32.8 Å². The van der Waals surface area contributed by atoms with Gasteiger partial charge in [0.1, 0.15) is 4.90 Å². The monoisotopic (exact) mass is 394 g/mol. The number of morpholine rings is 1. The number of rotatable bonds is 7. The third-order valence-corrected chi connectivity index (χ3v) is 6.35. The van der Waals surface area contributed by atoms with Crippen LogP contribution < -0.4 is 4.72 Å². The second kappa shape index (κ2) is 8.97. The van der Waals surface area contributed by atoms with Crippen molar-refractivity contribution in [3.05, 3.63) is 65.2 Å². The summed E-state index contributed by atoms with van der Waals surface area (Å²) in [4.78, 5) is 2.43. The molecule has 1 atom stereocenters. The lowest BCUT2D eigenvalue weighted by Gasteiger charge is -2.33. The molecule has 1 saturated heterocycles. The van der Waals surface area contributed by atoms with Gasteiger partial charge in [-0.2, -0.15) is 0 Å². The van der Waals surface area contributed by atoms with Crippen LogP contribution in [0.15, 0.2) is 59.5 Å². The minimum absolute atomic E-state index is 0.0739. The van der Waals surface area contributed by atoms with Crippen LogP contribution in [0, 0.1) is 0 Å². The first-order valence-electron chi connectivity index (χ1n) is 8.69. The number of benzene rings is 2. The van der Waals surface area contributed by atoms with E-state index in [9.17, 15) is 8.42 Å². The topological polar surface area (TPSA) is 58.6 Å². The fourth-order valence-electron chi connectivity index (χ4n) is 3.02. The molecule has 0 saturated carbocycles. The standard InChI is InChI=1S/C19H23ClN2O3S/c20-17-9-4-5-10-19(17)26(23,24)21-11-6-12-22-13-14-25-18(15-22)16-7-2-1-3-8-16/h1-5,7-10,18,21H,6,11-15H2/t18-/m0/s1. The van der Waals surface area contributed by atoms with E-state index in [0.29, 0.717) is 13.2 Å². The van der Waals surface area contributed by atoms with Gasteiger partial charge in [0, 0.05) is 19.6 Å². The quantitative estimate of drug-likeness (QED) is 0.733. The Morgan fingerprint density at radius 2 is 1.85 bits per heavy atom. The second-order valence-corrected chi connectivity index (χ2v) is 8.40. The molecule has 5 nitrogen and oxygen atoms in total. The normalized spacial score (nSPS) is 18.7. The number of sulfonamides is 1. The lowest BCUT2D eigenvalue weighted by Crippen LogP contribution is -2.39. The molecule has 2 aromatic carbocycles. The lowest BCUT2D eigenvalue weighted by atomic mass is 10.1. The summed E-state index contributed by atoms with van der Waals surface area (Å²) in [5, 5.41) is 0.235. The summed E-state index contributed by atoms with van der Waals surface area (Å²) in [6.45, 7) is 3.56. The highest BCUT2D eigenvalue weighted by molar-refractivity contribution is 7.89. The van der Waals surface area contributed by atoms with Gasteiger partial charge in [-0.25, -0.2) is 13.1 Å². The maximum absolute atomic E-state index is 12.3. The zero-order valence-corrected chi connectivity index (χ0v) is 16.0. The second-order valence-electron chi connectivity index (χ2n) is 6.25. The molecule has 0 amide bonds. The zero-order valence-electron chi connectivity index (χ0n) is 14.5. The van der Waals surface area contributed by atoms with Gasteiger partial charge < -0.3 is 4.74 Å². The molecular weight excluding hydrogens is 372 g/mol. The van der Waals surface area contributed by atoms with Crippen LogP contribution in [0.1, 0.15) is 18.1 Å². The fraction of sp³-hybridized carbons (Fsp3) is 0.368. The highest BCUT2D eigenvalue weighted by Gasteiger charge is 2.22. The SMILES string of the molecule is O=S(=O)(NCCCN1CCO[C@H](c2ccccc2)C1)c1ccccc1Cl. The van der Waals surface area contributed by atoms with Gasteiger partial charge in [-0.15, -0.1) is 0 Å². The molecule has 0 aliphatic carbocycles. The van der Waals surface area contributed by atoms with Gasteiger partial charge in [-0.05, 0) is 30.7 Å². The van der Waals surface area contributed by atoms with Gasteiger partial charge in [0.25, 0.3) is 0 Å². The van der Waals surface area contributed by atoms with Gasteiger partial charge in [0.2, 0.25) is 10.0 Å². The molecule has 1 aliphatic heterocycles. The van der Waals surface area contributed by atoms with Crippen molar-refractivity contribution >= 4 is 21.6 Å². The van der Waals surface area contributed by atoms with E-state index in [4.69, 9.17) is 16.3 Å². The predicted octanol–water partition coefficient (Wildman–Crippen LogP) is 3.08. The molecule has 140 valence electrons. The number of hydrogen-bond donors (Lipinski definition) is 1. The first-order chi connectivity index (χ1) is 12.6. The van der Waals surface area contributed by atoms with Crippen molar-refractivity contribution in [2.24, 2.45) is 0 Å². The Labute approximate surface area is 160 Å². The van der Waals surface area contributed by atoms with Crippen LogP contribution in [0.5, 0.6) is 0 Å². The molecule has 2 aromatic rings. The molecule has 1 fully saturated rings. The summed E-state index contributed by atoms with van der Waals surface area (Å²) in [5.41, 5.74) is 1.18. The molecule has 26 heavy (non-hydrogen) atoms. The van der Waals surface area contributed by atoms with Gasteiger partial charge >= 0.3 is 0 Å². The van der Waals surface area contributed by atoms with E-state index in [2.05, 4.69) is 21.8 Å². The average Bonchev–Trinajstić information content (AvgIpc) is 2.66. The summed E-state index contributed by atoms with van der Waals surface area (Å²) in [7, 11) is -3.57. The summed E-state index contributed by atoms with van der Waals surface area (Å²) < 4.78 is 33.1. The van der Waals surface area contributed by atoms with Gasteiger partial charge in [-0.3, -0.25) is 4.90 Å². The number of hydrogen-bond acceptors (Lipinski definition) is 4. The Kier molecular flexibility index (Phi) is 6.67. The lowest BCUT2D eigenvalue weighted by molar-refractivity contribution is -0.0300. The number of nitrogens with zero attached hydrogens (tertiary/aromatic N) is 1. The number of halogens is 1. The van der Waals surface area contributed by atoms with Crippen molar-refractivity contribution in [3.63, 3.8) is 0 Å².